The van der Waals surface area contributed by atoms with Crippen LogP contribution in [0.4, 0.5) is 10.6 Å². The van der Waals surface area contributed by atoms with E-state index in [2.05, 4.69) is 5.10 Å². The maximum Gasteiger partial charge on any atom is 0.415 e. The number of rotatable bonds is 3. The molecule has 130 valence electrons. The van der Waals surface area contributed by atoms with Gasteiger partial charge in [0, 0.05) is 12.1 Å². The third-order valence-electron chi connectivity index (χ3n) is 3.07. The van der Waals surface area contributed by atoms with Gasteiger partial charge in [0.15, 0.2) is 0 Å². The largest absolute Gasteiger partial charge is 0.462 e. The molecule has 0 fully saturated rings. The Labute approximate surface area is 145 Å². The first-order chi connectivity index (χ1) is 11.1. The van der Waals surface area contributed by atoms with Crippen molar-refractivity contribution in [3.05, 3.63) is 28.9 Å². The summed E-state index contributed by atoms with van der Waals surface area (Å²) < 4.78 is 11.8. The van der Waals surface area contributed by atoms with Gasteiger partial charge in [-0.15, -0.1) is 0 Å². The molecule has 0 aromatic carbocycles. The van der Waals surface area contributed by atoms with Crippen molar-refractivity contribution in [1.82, 2.24) is 9.61 Å². The molecule has 0 N–H and O–H groups in total. The first-order valence-corrected chi connectivity index (χ1v) is 7.83. The number of aromatic nitrogens is 2. The lowest BCUT2D eigenvalue weighted by molar-refractivity contribution is 0.0527. The van der Waals surface area contributed by atoms with Crippen LogP contribution in [-0.2, 0) is 9.47 Å². The minimum Gasteiger partial charge on any atom is -0.462 e. The zero-order valence-electron chi connectivity index (χ0n) is 14.3. The molecule has 2 rings (SSSR count). The van der Waals surface area contributed by atoms with Gasteiger partial charge in [-0.3, -0.25) is 4.90 Å². The van der Waals surface area contributed by atoms with Crippen molar-refractivity contribution in [3.8, 4) is 0 Å². The van der Waals surface area contributed by atoms with Gasteiger partial charge in [-0.25, -0.2) is 14.1 Å². The zero-order chi connectivity index (χ0) is 18.1. The van der Waals surface area contributed by atoms with Crippen molar-refractivity contribution in [2.45, 2.75) is 33.3 Å². The summed E-state index contributed by atoms with van der Waals surface area (Å²) in [5, 5.41) is 4.53. The van der Waals surface area contributed by atoms with E-state index in [1.807, 2.05) is 0 Å². The Kier molecular flexibility index (Phi) is 5.03. The molecular weight excluding hydrogens is 334 g/mol. The Bertz CT molecular complexity index is 779. The summed E-state index contributed by atoms with van der Waals surface area (Å²) in [6, 6.07) is 3.16. The predicted molar refractivity (Wildman–Crippen MR) is 90.8 cm³/mol. The molecular formula is C16H20ClN3O4. The summed E-state index contributed by atoms with van der Waals surface area (Å²) in [6.07, 6.45) is 0.829. The molecule has 0 atom stereocenters. The van der Waals surface area contributed by atoms with Gasteiger partial charge >= 0.3 is 12.1 Å². The molecule has 7 nitrogen and oxygen atoms in total. The summed E-state index contributed by atoms with van der Waals surface area (Å²) >= 11 is 6.14. The van der Waals surface area contributed by atoms with Crippen LogP contribution in [0.5, 0.6) is 0 Å². The number of pyridine rings is 1. The Hall–Kier alpha value is -2.28. The van der Waals surface area contributed by atoms with Gasteiger partial charge in [0.2, 0.25) is 0 Å². The van der Waals surface area contributed by atoms with Crippen molar-refractivity contribution < 1.29 is 19.1 Å². The molecule has 0 aliphatic heterocycles. The normalized spacial score (nSPS) is 11.4. The molecule has 2 heterocycles. The molecule has 2 aromatic rings. The van der Waals surface area contributed by atoms with Gasteiger partial charge in [-0.2, -0.15) is 5.10 Å². The highest BCUT2D eigenvalue weighted by Gasteiger charge is 2.24. The number of anilines is 1. The number of ether oxygens (including phenoxy) is 2. The van der Waals surface area contributed by atoms with E-state index in [0.29, 0.717) is 16.4 Å². The topological polar surface area (TPSA) is 73.1 Å². The van der Waals surface area contributed by atoms with Crippen LogP contribution in [0.3, 0.4) is 0 Å². The van der Waals surface area contributed by atoms with Crippen molar-refractivity contribution in [2.75, 3.05) is 18.6 Å². The summed E-state index contributed by atoms with van der Waals surface area (Å²) in [5.41, 5.74) is 0.0908. The molecule has 24 heavy (non-hydrogen) atoms. The number of fused-ring (bicyclic) bond motifs is 1. The molecule has 0 spiro atoms. The van der Waals surface area contributed by atoms with E-state index in [4.69, 9.17) is 21.1 Å². The second-order valence-corrected chi connectivity index (χ2v) is 6.58. The van der Waals surface area contributed by atoms with Crippen LogP contribution in [0, 0.1) is 0 Å². The highest BCUT2D eigenvalue weighted by Crippen LogP contribution is 2.26. The highest BCUT2D eigenvalue weighted by molar-refractivity contribution is 6.31. The van der Waals surface area contributed by atoms with E-state index in [1.54, 1.807) is 46.9 Å². The van der Waals surface area contributed by atoms with Gasteiger partial charge in [0.05, 0.1) is 18.3 Å². The molecule has 8 heteroatoms. The van der Waals surface area contributed by atoms with Crippen molar-refractivity contribution in [3.63, 3.8) is 0 Å². The van der Waals surface area contributed by atoms with Gasteiger partial charge in [0.25, 0.3) is 0 Å². The third kappa shape index (κ3) is 3.79. The third-order valence-corrected chi connectivity index (χ3v) is 3.29. The SMILES string of the molecule is CCOC(=O)c1cnn2c(N(C)C(=O)OC(C)(C)C)cc(Cl)cc12. The lowest BCUT2D eigenvalue weighted by atomic mass is 10.2. The maximum absolute atomic E-state index is 12.3. The fourth-order valence-corrected chi connectivity index (χ4v) is 2.27. The number of hydrogen-bond donors (Lipinski definition) is 0. The number of amides is 1. The average Bonchev–Trinajstić information content (AvgIpc) is 2.87. The molecule has 0 aliphatic carbocycles. The van der Waals surface area contributed by atoms with E-state index in [1.165, 1.54) is 15.6 Å². The number of hydrogen-bond acceptors (Lipinski definition) is 5. The number of carbonyl (C=O) groups is 2. The molecule has 0 unspecified atom stereocenters. The van der Waals surface area contributed by atoms with E-state index >= 15 is 0 Å². The van der Waals surface area contributed by atoms with Crippen molar-refractivity contribution in [1.29, 1.82) is 0 Å². The first-order valence-electron chi connectivity index (χ1n) is 7.45. The molecule has 0 aliphatic rings. The first kappa shape index (κ1) is 18.1. The minimum absolute atomic E-state index is 0.251. The lowest BCUT2D eigenvalue weighted by Crippen LogP contribution is -2.35. The van der Waals surface area contributed by atoms with Gasteiger partial charge in [-0.1, -0.05) is 11.6 Å². The van der Waals surface area contributed by atoms with Crippen LogP contribution in [0.1, 0.15) is 38.1 Å². The number of carbonyl (C=O) groups excluding carboxylic acids is 2. The monoisotopic (exact) mass is 353 g/mol. The number of esters is 1. The number of nitrogens with zero attached hydrogens (tertiary/aromatic N) is 3. The van der Waals surface area contributed by atoms with Gasteiger partial charge in [0.1, 0.15) is 17.0 Å². The van der Waals surface area contributed by atoms with E-state index in [0.717, 1.165) is 0 Å². The van der Waals surface area contributed by atoms with Crippen LogP contribution in [0.15, 0.2) is 18.3 Å². The summed E-state index contributed by atoms with van der Waals surface area (Å²) in [5.74, 6) is -0.122. The highest BCUT2D eigenvalue weighted by atomic mass is 35.5. The summed E-state index contributed by atoms with van der Waals surface area (Å²) in [6.45, 7) is 7.30. The van der Waals surface area contributed by atoms with Crippen LogP contribution >= 0.6 is 11.6 Å². The van der Waals surface area contributed by atoms with E-state index in [-0.39, 0.29) is 12.2 Å². The van der Waals surface area contributed by atoms with E-state index in [9.17, 15) is 9.59 Å². The average molecular weight is 354 g/mol. The van der Waals surface area contributed by atoms with Crippen molar-refractivity contribution in [2.24, 2.45) is 0 Å². The Morgan fingerprint density at radius 2 is 2.00 bits per heavy atom. The van der Waals surface area contributed by atoms with Gasteiger partial charge in [-0.05, 0) is 39.8 Å². The fraction of sp³-hybridized carbons (Fsp3) is 0.438. The molecule has 0 saturated heterocycles. The summed E-state index contributed by atoms with van der Waals surface area (Å²) in [4.78, 5) is 25.6. The van der Waals surface area contributed by atoms with Crippen LogP contribution in [0.2, 0.25) is 5.02 Å². The van der Waals surface area contributed by atoms with Crippen LogP contribution in [-0.4, -0.2) is 40.9 Å². The van der Waals surface area contributed by atoms with Crippen LogP contribution in [0.25, 0.3) is 5.52 Å². The Morgan fingerprint density at radius 3 is 2.58 bits per heavy atom. The quantitative estimate of drug-likeness (QED) is 0.789. The Balaban J connectivity index is 2.48. The number of halogens is 1. The maximum atomic E-state index is 12.3. The smallest absolute Gasteiger partial charge is 0.415 e. The second kappa shape index (κ2) is 6.68. The van der Waals surface area contributed by atoms with E-state index < -0.39 is 17.7 Å². The molecule has 0 radical (unpaired) electrons. The zero-order valence-corrected chi connectivity index (χ0v) is 15.0. The van der Waals surface area contributed by atoms with Crippen molar-refractivity contribution >= 4 is 35.0 Å². The molecule has 0 saturated carbocycles. The van der Waals surface area contributed by atoms with Crippen LogP contribution < -0.4 is 4.90 Å². The predicted octanol–water partition coefficient (Wildman–Crippen LogP) is 3.54. The molecule has 2 aromatic heterocycles. The summed E-state index contributed by atoms with van der Waals surface area (Å²) in [7, 11) is 1.55. The molecule has 1 amide bonds. The molecule has 0 bridgehead atoms. The van der Waals surface area contributed by atoms with Gasteiger partial charge < -0.3 is 9.47 Å². The second-order valence-electron chi connectivity index (χ2n) is 6.15. The lowest BCUT2D eigenvalue weighted by Gasteiger charge is -2.25. The fourth-order valence-electron chi connectivity index (χ4n) is 2.07. The minimum atomic E-state index is -0.636. The standard InChI is InChI=1S/C16H20ClN3O4/c1-6-23-14(21)11-9-18-20-12(11)7-10(17)8-13(20)19(5)15(22)24-16(2,3)4/h7-9H,6H2,1-5H3. The Morgan fingerprint density at radius 1 is 1.33 bits per heavy atom.